The number of esters is 1. The Balaban J connectivity index is 1.16. The number of aliphatic carboxylic acids is 1. The van der Waals surface area contributed by atoms with Crippen molar-refractivity contribution in [1.29, 1.82) is 0 Å². The molecule has 0 spiro atoms. The standard InChI is InChI=1S/C39H36F2N6O6/c1-21-26(27-7-4-9-29(22(27)2)46-36-35-24(11-13-44-36)14-23(18-45-35)17-42-19-34(48)49)6-3-8-28(21)37-47-31-15-25(20-51-38(50)30-10-5-12-43-30)32(53-39(40)41)16-33(31)52-37/h3-4,6-9,11,13-16,18,30,39,42-43H,5,10,12,17,19-20H2,1-2H3,(H,44,46)(H,48,49)/t30-/m0/s1. The maximum Gasteiger partial charge on any atom is 0.387 e. The lowest BCUT2D eigenvalue weighted by Crippen LogP contribution is -2.32. The average molecular weight is 723 g/mol. The Bertz CT molecular complexity index is 2320. The van der Waals surface area contributed by atoms with E-state index in [9.17, 15) is 18.4 Å². The zero-order chi connectivity index (χ0) is 37.1. The number of alkyl halides is 2. The van der Waals surface area contributed by atoms with Crippen LogP contribution in [0.3, 0.4) is 0 Å². The summed E-state index contributed by atoms with van der Waals surface area (Å²) in [5, 5.41) is 19.2. The molecule has 1 atom stereocenters. The molecule has 7 rings (SSSR count). The average Bonchev–Trinajstić information content (AvgIpc) is 3.82. The van der Waals surface area contributed by atoms with Crippen molar-refractivity contribution in [2.24, 2.45) is 0 Å². The number of oxazole rings is 1. The molecule has 3 aromatic carbocycles. The fraction of sp³-hybridized carbons (Fsp3) is 0.256. The first-order valence-electron chi connectivity index (χ1n) is 17.1. The highest BCUT2D eigenvalue weighted by atomic mass is 19.3. The van der Waals surface area contributed by atoms with Gasteiger partial charge in [-0.3, -0.25) is 14.6 Å². The van der Waals surface area contributed by atoms with Gasteiger partial charge in [-0.05, 0) is 91.4 Å². The van der Waals surface area contributed by atoms with Crippen molar-refractivity contribution in [3.8, 4) is 28.3 Å². The second-order valence-electron chi connectivity index (χ2n) is 12.7. The van der Waals surface area contributed by atoms with Crippen molar-refractivity contribution in [1.82, 2.24) is 25.6 Å². The van der Waals surface area contributed by atoms with Crippen LogP contribution in [-0.4, -0.2) is 57.7 Å². The van der Waals surface area contributed by atoms with Crippen LogP contribution in [0.2, 0.25) is 0 Å². The monoisotopic (exact) mass is 722 g/mol. The zero-order valence-electron chi connectivity index (χ0n) is 28.9. The molecular formula is C39H36F2N6O6. The Morgan fingerprint density at radius 2 is 1.83 bits per heavy atom. The van der Waals surface area contributed by atoms with Gasteiger partial charge in [-0.1, -0.05) is 24.3 Å². The second-order valence-corrected chi connectivity index (χ2v) is 12.7. The first-order chi connectivity index (χ1) is 25.6. The molecule has 14 heteroatoms. The van der Waals surface area contributed by atoms with E-state index in [-0.39, 0.29) is 30.0 Å². The van der Waals surface area contributed by atoms with Gasteiger partial charge in [0.25, 0.3) is 0 Å². The molecule has 1 aliphatic heterocycles. The summed E-state index contributed by atoms with van der Waals surface area (Å²) in [6.45, 7) is 1.57. The van der Waals surface area contributed by atoms with Gasteiger partial charge in [-0.25, -0.2) is 9.97 Å². The number of fused-ring (bicyclic) bond motifs is 2. The fourth-order valence-electron chi connectivity index (χ4n) is 6.52. The van der Waals surface area contributed by atoms with Crippen LogP contribution in [0.4, 0.5) is 20.3 Å². The second kappa shape index (κ2) is 15.3. The number of halogens is 2. The lowest BCUT2D eigenvalue weighted by atomic mass is 9.93. The number of carboxylic acids is 1. The highest BCUT2D eigenvalue weighted by molar-refractivity contribution is 5.91. The van der Waals surface area contributed by atoms with E-state index in [0.717, 1.165) is 51.9 Å². The summed E-state index contributed by atoms with van der Waals surface area (Å²) in [4.78, 5) is 37.2. The molecule has 4 heterocycles. The lowest BCUT2D eigenvalue weighted by Gasteiger charge is -2.16. The number of carbonyl (C=O) groups excluding carboxylic acids is 1. The molecule has 1 aliphatic rings. The number of hydrogen-bond acceptors (Lipinski definition) is 11. The van der Waals surface area contributed by atoms with Crippen LogP contribution in [-0.2, 0) is 27.5 Å². The van der Waals surface area contributed by atoms with Crippen molar-refractivity contribution in [3.05, 3.63) is 95.3 Å². The third-order valence-corrected chi connectivity index (χ3v) is 9.20. The number of nitrogens with zero attached hydrogens (tertiary/aromatic N) is 3. The third-order valence-electron chi connectivity index (χ3n) is 9.20. The minimum atomic E-state index is -3.09. The van der Waals surface area contributed by atoms with Crippen LogP contribution in [0.5, 0.6) is 5.75 Å². The molecule has 0 bridgehead atoms. The number of aromatic nitrogens is 3. The summed E-state index contributed by atoms with van der Waals surface area (Å²) in [6, 6.07) is 18.0. The Morgan fingerprint density at radius 3 is 2.60 bits per heavy atom. The number of carboxylic acid groups (broad SMARTS) is 1. The van der Waals surface area contributed by atoms with Gasteiger partial charge in [0.15, 0.2) is 11.4 Å². The molecule has 1 fully saturated rings. The third kappa shape index (κ3) is 7.78. The Labute approximate surface area is 302 Å². The number of hydrogen-bond donors (Lipinski definition) is 4. The molecule has 53 heavy (non-hydrogen) atoms. The van der Waals surface area contributed by atoms with Crippen LogP contribution < -0.4 is 20.7 Å². The van der Waals surface area contributed by atoms with Gasteiger partial charge in [0.2, 0.25) is 5.89 Å². The van der Waals surface area contributed by atoms with E-state index in [0.29, 0.717) is 41.3 Å². The van der Waals surface area contributed by atoms with Gasteiger partial charge >= 0.3 is 18.6 Å². The molecular weight excluding hydrogens is 686 g/mol. The fourth-order valence-corrected chi connectivity index (χ4v) is 6.52. The van der Waals surface area contributed by atoms with Gasteiger partial charge in [-0.2, -0.15) is 8.78 Å². The molecule has 1 saturated heterocycles. The minimum absolute atomic E-state index is 0.146. The molecule has 6 aromatic rings. The molecule has 0 aliphatic carbocycles. The summed E-state index contributed by atoms with van der Waals surface area (Å²) in [5.41, 5.74) is 7.68. The summed E-state index contributed by atoms with van der Waals surface area (Å²) < 4.78 is 43.1. The largest absolute Gasteiger partial charge is 0.480 e. The van der Waals surface area contributed by atoms with Crippen LogP contribution in [0.15, 0.2) is 77.5 Å². The molecule has 4 N–H and O–H groups in total. The normalized spacial score (nSPS) is 14.2. The minimum Gasteiger partial charge on any atom is -0.480 e. The van der Waals surface area contributed by atoms with Crippen molar-refractivity contribution in [2.45, 2.75) is 52.5 Å². The molecule has 0 amide bonds. The molecule has 0 saturated carbocycles. The molecule has 0 unspecified atom stereocenters. The number of rotatable bonds is 13. The predicted octanol–water partition coefficient (Wildman–Crippen LogP) is 7.04. The number of pyridine rings is 2. The van der Waals surface area contributed by atoms with E-state index >= 15 is 0 Å². The maximum absolute atomic E-state index is 13.4. The van der Waals surface area contributed by atoms with Crippen molar-refractivity contribution >= 4 is 45.4 Å². The molecule has 0 radical (unpaired) electrons. The number of benzene rings is 3. The van der Waals surface area contributed by atoms with Crippen LogP contribution in [0.1, 0.15) is 35.1 Å². The van der Waals surface area contributed by atoms with Crippen molar-refractivity contribution in [3.63, 3.8) is 0 Å². The Kier molecular flexibility index (Phi) is 10.2. The van der Waals surface area contributed by atoms with Gasteiger partial charge in [0.1, 0.15) is 29.4 Å². The number of nitrogens with one attached hydrogen (secondary N) is 3. The van der Waals surface area contributed by atoms with E-state index in [2.05, 4.69) is 25.9 Å². The number of carbonyl (C=O) groups is 2. The molecule has 3 aromatic heterocycles. The summed E-state index contributed by atoms with van der Waals surface area (Å²) in [7, 11) is 0. The SMILES string of the molecule is Cc1c(Nc2nccc3cc(CNCC(=O)O)cnc23)cccc1-c1cccc(-c2nc3cc(COC(=O)[C@@H]4CCCN4)c(OC(F)F)cc3o2)c1C. The smallest absolute Gasteiger partial charge is 0.387 e. The predicted molar refractivity (Wildman–Crippen MR) is 194 cm³/mol. The Morgan fingerprint density at radius 1 is 1.04 bits per heavy atom. The first kappa shape index (κ1) is 35.4. The first-order valence-corrected chi connectivity index (χ1v) is 17.1. The maximum atomic E-state index is 13.4. The van der Waals surface area contributed by atoms with Crippen LogP contribution in [0, 0.1) is 13.8 Å². The highest BCUT2D eigenvalue weighted by Gasteiger charge is 2.25. The van der Waals surface area contributed by atoms with Gasteiger partial charge in [0, 0.05) is 47.2 Å². The number of anilines is 2. The topological polar surface area (TPSA) is 161 Å². The zero-order valence-corrected chi connectivity index (χ0v) is 28.9. The van der Waals surface area contributed by atoms with Crippen molar-refractivity contribution in [2.75, 3.05) is 18.4 Å². The van der Waals surface area contributed by atoms with Gasteiger partial charge in [0.05, 0.1) is 6.54 Å². The van der Waals surface area contributed by atoms with E-state index in [1.165, 1.54) is 6.07 Å². The van der Waals surface area contributed by atoms with Gasteiger partial charge in [-0.15, -0.1) is 0 Å². The summed E-state index contributed by atoms with van der Waals surface area (Å²) in [6.07, 6.45) is 4.91. The highest BCUT2D eigenvalue weighted by Crippen LogP contribution is 2.38. The van der Waals surface area contributed by atoms with E-state index in [1.807, 2.05) is 62.4 Å². The van der Waals surface area contributed by atoms with E-state index in [4.69, 9.17) is 24.0 Å². The molecule has 12 nitrogen and oxygen atoms in total. The quantitative estimate of drug-likeness (QED) is 0.0902. The van der Waals surface area contributed by atoms with Crippen LogP contribution in [0.25, 0.3) is 44.6 Å². The Hall–Kier alpha value is -5.99. The summed E-state index contributed by atoms with van der Waals surface area (Å²) >= 11 is 0. The number of ether oxygens (including phenoxy) is 2. The van der Waals surface area contributed by atoms with Gasteiger partial charge < -0.3 is 34.9 Å². The molecule has 272 valence electrons. The van der Waals surface area contributed by atoms with E-state index < -0.39 is 24.6 Å². The summed E-state index contributed by atoms with van der Waals surface area (Å²) in [5.74, 6) is -0.665. The lowest BCUT2D eigenvalue weighted by molar-refractivity contribution is -0.147. The van der Waals surface area contributed by atoms with E-state index in [1.54, 1.807) is 18.5 Å². The van der Waals surface area contributed by atoms with Crippen LogP contribution >= 0.6 is 0 Å². The van der Waals surface area contributed by atoms with Crippen molar-refractivity contribution < 1.29 is 37.4 Å².